The van der Waals surface area contributed by atoms with Gasteiger partial charge in [0.25, 0.3) is 0 Å². The highest BCUT2D eigenvalue weighted by atomic mass is 32.2. The first-order valence-electron chi connectivity index (χ1n) is 8.46. The summed E-state index contributed by atoms with van der Waals surface area (Å²) < 4.78 is 0. The number of nitrogens with one attached hydrogen (secondary N) is 1. The van der Waals surface area contributed by atoms with Crippen LogP contribution in [-0.2, 0) is 0 Å². The summed E-state index contributed by atoms with van der Waals surface area (Å²) in [5, 5.41) is 13.2. The molecule has 0 saturated carbocycles. The summed E-state index contributed by atoms with van der Waals surface area (Å²) in [5.41, 5.74) is 2.63. The standard InChI is InChI=1S/C18H30N2OS/c1-15(19-11-3-4-14-22-2)16-5-7-17(8-6-16)20-12-9-18(21)10-13-20/h5-8,15,18-19,21H,3-4,9-14H2,1-2H3. The Kier molecular flexibility index (Phi) is 7.56. The molecule has 0 aromatic heterocycles. The topological polar surface area (TPSA) is 35.5 Å². The third-order valence-corrected chi connectivity index (χ3v) is 5.15. The number of nitrogens with zero attached hydrogens (tertiary/aromatic N) is 1. The van der Waals surface area contributed by atoms with E-state index in [-0.39, 0.29) is 6.10 Å². The number of hydrogen-bond acceptors (Lipinski definition) is 4. The summed E-state index contributed by atoms with van der Waals surface area (Å²) in [4.78, 5) is 2.37. The molecule has 0 spiro atoms. The number of benzene rings is 1. The average Bonchev–Trinajstić information content (AvgIpc) is 2.55. The third-order valence-electron chi connectivity index (χ3n) is 4.45. The second-order valence-corrected chi connectivity index (χ2v) is 7.17. The van der Waals surface area contributed by atoms with Crippen LogP contribution >= 0.6 is 11.8 Å². The Morgan fingerprint density at radius 3 is 2.55 bits per heavy atom. The molecule has 3 nitrogen and oxygen atoms in total. The van der Waals surface area contributed by atoms with Gasteiger partial charge in [-0.25, -0.2) is 0 Å². The lowest BCUT2D eigenvalue weighted by atomic mass is 10.0. The van der Waals surface area contributed by atoms with E-state index < -0.39 is 0 Å². The van der Waals surface area contributed by atoms with Crippen molar-refractivity contribution in [3.05, 3.63) is 29.8 Å². The molecule has 1 aromatic carbocycles. The lowest BCUT2D eigenvalue weighted by molar-refractivity contribution is 0.145. The fraction of sp³-hybridized carbons (Fsp3) is 0.667. The van der Waals surface area contributed by atoms with Crippen molar-refractivity contribution >= 4 is 17.4 Å². The summed E-state index contributed by atoms with van der Waals surface area (Å²) in [7, 11) is 0. The van der Waals surface area contributed by atoms with E-state index >= 15 is 0 Å². The molecule has 1 aliphatic heterocycles. The van der Waals surface area contributed by atoms with Gasteiger partial charge < -0.3 is 15.3 Å². The minimum absolute atomic E-state index is 0.106. The van der Waals surface area contributed by atoms with Crippen molar-refractivity contribution in [2.24, 2.45) is 0 Å². The van der Waals surface area contributed by atoms with Gasteiger partial charge >= 0.3 is 0 Å². The molecule has 0 amide bonds. The fourth-order valence-corrected chi connectivity index (χ4v) is 3.40. The van der Waals surface area contributed by atoms with E-state index in [1.54, 1.807) is 0 Å². The first-order valence-corrected chi connectivity index (χ1v) is 9.85. The van der Waals surface area contributed by atoms with Gasteiger partial charge in [-0.15, -0.1) is 0 Å². The molecule has 1 atom stereocenters. The Hall–Kier alpha value is -0.710. The zero-order chi connectivity index (χ0) is 15.8. The average molecular weight is 323 g/mol. The van der Waals surface area contributed by atoms with Crippen LogP contribution in [0.15, 0.2) is 24.3 Å². The van der Waals surface area contributed by atoms with Crippen LogP contribution in [0.25, 0.3) is 0 Å². The molecular weight excluding hydrogens is 292 g/mol. The zero-order valence-electron chi connectivity index (χ0n) is 13.9. The number of piperidine rings is 1. The molecule has 124 valence electrons. The molecule has 22 heavy (non-hydrogen) atoms. The highest BCUT2D eigenvalue weighted by Gasteiger charge is 2.17. The van der Waals surface area contributed by atoms with Gasteiger partial charge in [-0.2, -0.15) is 11.8 Å². The zero-order valence-corrected chi connectivity index (χ0v) is 14.7. The lowest BCUT2D eigenvalue weighted by Gasteiger charge is -2.31. The molecule has 1 aliphatic rings. The second-order valence-electron chi connectivity index (χ2n) is 6.19. The first kappa shape index (κ1) is 17.6. The quantitative estimate of drug-likeness (QED) is 0.719. The Balaban J connectivity index is 1.78. The van der Waals surface area contributed by atoms with E-state index in [9.17, 15) is 5.11 Å². The lowest BCUT2D eigenvalue weighted by Crippen LogP contribution is -2.35. The minimum atomic E-state index is -0.106. The number of thioether (sulfide) groups is 1. The fourth-order valence-electron chi connectivity index (χ4n) is 2.91. The highest BCUT2D eigenvalue weighted by Crippen LogP contribution is 2.22. The summed E-state index contributed by atoms with van der Waals surface area (Å²) in [6.07, 6.45) is 6.37. The van der Waals surface area contributed by atoms with Gasteiger partial charge in [0.1, 0.15) is 0 Å². The van der Waals surface area contributed by atoms with Gasteiger partial charge in [0.15, 0.2) is 0 Å². The smallest absolute Gasteiger partial charge is 0.0574 e. The molecule has 4 heteroatoms. The largest absolute Gasteiger partial charge is 0.393 e. The van der Waals surface area contributed by atoms with Crippen molar-refractivity contribution in [1.29, 1.82) is 0 Å². The van der Waals surface area contributed by atoms with Crippen molar-refractivity contribution in [3.63, 3.8) is 0 Å². The van der Waals surface area contributed by atoms with Crippen molar-refractivity contribution in [1.82, 2.24) is 5.32 Å². The third kappa shape index (κ3) is 5.49. The summed E-state index contributed by atoms with van der Waals surface area (Å²) in [5.74, 6) is 1.26. The van der Waals surface area contributed by atoms with E-state index in [1.165, 1.54) is 29.8 Å². The molecule has 2 rings (SSSR count). The van der Waals surface area contributed by atoms with Crippen molar-refractivity contribution in [2.75, 3.05) is 36.5 Å². The molecule has 0 aliphatic carbocycles. The minimum Gasteiger partial charge on any atom is -0.393 e. The van der Waals surface area contributed by atoms with Gasteiger partial charge in [-0.05, 0) is 68.9 Å². The van der Waals surface area contributed by atoms with E-state index in [0.717, 1.165) is 32.5 Å². The van der Waals surface area contributed by atoms with E-state index in [2.05, 4.69) is 47.7 Å². The van der Waals surface area contributed by atoms with Gasteiger partial charge in [0, 0.05) is 24.8 Å². The molecule has 0 bridgehead atoms. The van der Waals surface area contributed by atoms with Gasteiger partial charge in [0.2, 0.25) is 0 Å². The van der Waals surface area contributed by atoms with Crippen LogP contribution in [0.1, 0.15) is 44.2 Å². The van der Waals surface area contributed by atoms with Crippen LogP contribution in [0.3, 0.4) is 0 Å². The molecular formula is C18H30N2OS. The van der Waals surface area contributed by atoms with Crippen LogP contribution in [0, 0.1) is 0 Å². The second kappa shape index (κ2) is 9.43. The Morgan fingerprint density at radius 2 is 1.91 bits per heavy atom. The van der Waals surface area contributed by atoms with Crippen LogP contribution in [0.2, 0.25) is 0 Å². The van der Waals surface area contributed by atoms with Crippen molar-refractivity contribution < 1.29 is 5.11 Å². The molecule has 1 unspecified atom stereocenters. The monoisotopic (exact) mass is 322 g/mol. The molecule has 1 aromatic rings. The summed E-state index contributed by atoms with van der Waals surface area (Å²) in [6.45, 7) is 5.25. The van der Waals surface area contributed by atoms with Crippen molar-refractivity contribution in [3.8, 4) is 0 Å². The van der Waals surface area contributed by atoms with Crippen molar-refractivity contribution in [2.45, 2.75) is 44.8 Å². The number of aliphatic hydroxyl groups is 1. The van der Waals surface area contributed by atoms with Crippen LogP contribution in [-0.4, -0.2) is 42.9 Å². The molecule has 1 fully saturated rings. The number of anilines is 1. The highest BCUT2D eigenvalue weighted by molar-refractivity contribution is 7.98. The van der Waals surface area contributed by atoms with Crippen LogP contribution < -0.4 is 10.2 Å². The van der Waals surface area contributed by atoms with Gasteiger partial charge in [0.05, 0.1) is 6.10 Å². The summed E-state index contributed by atoms with van der Waals surface area (Å²) in [6, 6.07) is 9.32. The number of rotatable bonds is 8. The Morgan fingerprint density at radius 1 is 1.23 bits per heavy atom. The van der Waals surface area contributed by atoms with Gasteiger partial charge in [-0.1, -0.05) is 12.1 Å². The Bertz CT molecular complexity index is 416. The number of unbranched alkanes of at least 4 members (excludes halogenated alkanes) is 1. The maximum absolute atomic E-state index is 9.59. The molecule has 2 N–H and O–H groups in total. The van der Waals surface area contributed by atoms with Crippen LogP contribution in [0.5, 0.6) is 0 Å². The van der Waals surface area contributed by atoms with E-state index in [4.69, 9.17) is 0 Å². The first-order chi connectivity index (χ1) is 10.7. The van der Waals surface area contributed by atoms with E-state index in [0.29, 0.717) is 6.04 Å². The van der Waals surface area contributed by atoms with Crippen LogP contribution in [0.4, 0.5) is 5.69 Å². The normalized spacial score (nSPS) is 17.7. The SMILES string of the molecule is CSCCCCNC(C)c1ccc(N2CCC(O)CC2)cc1. The molecule has 1 heterocycles. The predicted octanol–water partition coefficient (Wildman–Crippen LogP) is 3.44. The number of aliphatic hydroxyl groups excluding tert-OH is 1. The maximum atomic E-state index is 9.59. The Labute approximate surface area is 139 Å². The maximum Gasteiger partial charge on any atom is 0.0574 e. The van der Waals surface area contributed by atoms with E-state index in [1.807, 2.05) is 11.8 Å². The summed E-state index contributed by atoms with van der Waals surface area (Å²) >= 11 is 1.92. The molecule has 0 radical (unpaired) electrons. The molecule has 1 saturated heterocycles. The van der Waals surface area contributed by atoms with Gasteiger partial charge in [-0.3, -0.25) is 0 Å². The number of hydrogen-bond donors (Lipinski definition) is 2. The predicted molar refractivity (Wildman–Crippen MR) is 97.9 cm³/mol.